The van der Waals surface area contributed by atoms with Crippen LogP contribution in [0.15, 0.2) is 12.1 Å². The summed E-state index contributed by atoms with van der Waals surface area (Å²) >= 11 is 1.55. The van der Waals surface area contributed by atoms with Crippen LogP contribution in [0.1, 0.15) is 153 Å². The summed E-state index contributed by atoms with van der Waals surface area (Å²) < 4.78 is 16.5. The normalized spacial score (nSPS) is 13.4. The van der Waals surface area contributed by atoms with E-state index in [1.54, 1.807) is 16.9 Å². The summed E-state index contributed by atoms with van der Waals surface area (Å²) in [5, 5.41) is 0. The Labute approximate surface area is 335 Å². The van der Waals surface area contributed by atoms with Crippen molar-refractivity contribution in [1.29, 1.82) is 0 Å². The van der Waals surface area contributed by atoms with E-state index in [9.17, 15) is 0 Å². The Morgan fingerprint density at radius 2 is 0.765 bits per heavy atom. The zero-order valence-corrected chi connectivity index (χ0v) is 42.3. The third kappa shape index (κ3) is 14.1. The summed E-state index contributed by atoms with van der Waals surface area (Å²) in [6, 6.07) is 5.15. The van der Waals surface area contributed by atoms with E-state index in [1.165, 1.54) is 161 Å². The minimum absolute atomic E-state index is 0.649. The van der Waals surface area contributed by atoms with Crippen LogP contribution >= 0.6 is 34.0 Å². The molecule has 0 atom stereocenters. The van der Waals surface area contributed by atoms with Crippen LogP contribution in [0.4, 0.5) is 0 Å². The summed E-state index contributed by atoms with van der Waals surface area (Å²) in [4.78, 5) is 21.1. The van der Waals surface area contributed by atoms with E-state index in [1.807, 2.05) is 11.3 Å². The summed E-state index contributed by atoms with van der Waals surface area (Å²) in [5.41, 5.74) is 3.30. The summed E-state index contributed by atoms with van der Waals surface area (Å²) in [5.74, 6) is 2.04. The van der Waals surface area contributed by atoms with Crippen LogP contribution in [0.2, 0.25) is 29.6 Å². The Morgan fingerprint density at radius 1 is 0.451 bits per heavy atom. The molecule has 4 rings (SSSR count). The Balaban J connectivity index is 1.45. The number of fused-ring (bicyclic) bond motifs is 1. The molecule has 0 unspecified atom stereocenters. The molecule has 0 N–H and O–H groups in total. The van der Waals surface area contributed by atoms with Gasteiger partial charge in [0.05, 0.1) is 0 Å². The van der Waals surface area contributed by atoms with Gasteiger partial charge in [-0.1, -0.05) is 26.7 Å². The van der Waals surface area contributed by atoms with Gasteiger partial charge in [-0.25, -0.2) is 0 Å². The molecular formula is C44H74O2S3Sn2. The topological polar surface area (TPSA) is 18.5 Å². The molecular weight excluding hydrogens is 894 g/mol. The average molecular weight is 969 g/mol. The zero-order valence-electron chi connectivity index (χ0n) is 34.2. The molecule has 2 nitrogen and oxygen atoms in total. The van der Waals surface area contributed by atoms with Crippen molar-refractivity contribution in [1.82, 2.24) is 0 Å². The quantitative estimate of drug-likeness (QED) is 0.0590. The van der Waals surface area contributed by atoms with Crippen molar-refractivity contribution in [3.63, 3.8) is 0 Å². The van der Waals surface area contributed by atoms with Crippen molar-refractivity contribution in [2.24, 2.45) is 0 Å². The first-order chi connectivity index (χ1) is 24.5. The second-order valence-corrected chi connectivity index (χ2v) is 51.1. The van der Waals surface area contributed by atoms with Crippen LogP contribution in [0, 0.1) is 0 Å². The van der Waals surface area contributed by atoms with E-state index >= 15 is 0 Å². The Morgan fingerprint density at radius 3 is 1.08 bits per heavy atom. The fraction of sp³-hybridized carbons (Fsp3) is 0.727. The molecule has 0 amide bonds. The van der Waals surface area contributed by atoms with Crippen LogP contribution in [0.5, 0.6) is 11.5 Å². The van der Waals surface area contributed by atoms with Crippen molar-refractivity contribution >= 4 is 76.6 Å². The number of ether oxygens (including phenoxy) is 2. The molecule has 288 valence electrons. The fourth-order valence-electron chi connectivity index (χ4n) is 7.60. The second-order valence-electron chi connectivity index (χ2n) is 17.4. The maximum atomic E-state index is 6.48. The average Bonchev–Trinajstić information content (AvgIpc) is 3.82. The van der Waals surface area contributed by atoms with E-state index in [0.717, 1.165) is 11.5 Å². The first-order valence-corrected chi connectivity index (χ1v) is 43.7. The fourth-order valence-corrected chi connectivity index (χ4v) is 25.3. The maximum absolute atomic E-state index is 6.48. The van der Waals surface area contributed by atoms with Crippen molar-refractivity contribution in [2.45, 2.75) is 185 Å². The molecule has 1 aliphatic heterocycles. The molecule has 7 heteroatoms. The van der Waals surface area contributed by atoms with E-state index in [4.69, 9.17) is 9.47 Å². The molecule has 4 heterocycles. The van der Waals surface area contributed by atoms with E-state index in [-0.39, 0.29) is 0 Å². The van der Waals surface area contributed by atoms with Gasteiger partial charge >= 0.3 is 312 Å². The molecule has 3 aromatic heterocycles. The number of hydrogen-bond acceptors (Lipinski definition) is 5. The van der Waals surface area contributed by atoms with Crippen LogP contribution in [-0.4, -0.2) is 50.0 Å². The standard InChI is InChI=1S/C38H56O2S3.6CH3.2Sn/c1-3-5-7-9-11-13-15-17-19-21-23-31-27-33(41-29-31)37-35-36(40-26-25-39-35)38(43-37)34-28-32(30-42-34)24-22-20-18-16-14-12-10-8-6-4-2;;;;;;;;/h27-28H,3-26H2,1-2H3;6*1H3;;. The monoisotopic (exact) mass is 970 g/mol. The van der Waals surface area contributed by atoms with Gasteiger partial charge in [0, 0.05) is 0 Å². The van der Waals surface area contributed by atoms with Crippen molar-refractivity contribution in [3.8, 4) is 31.0 Å². The molecule has 0 aromatic carbocycles. The van der Waals surface area contributed by atoms with Gasteiger partial charge in [-0.2, -0.15) is 0 Å². The molecule has 3 aromatic rings. The van der Waals surface area contributed by atoms with Gasteiger partial charge in [0.15, 0.2) is 0 Å². The number of hydrogen-bond donors (Lipinski definition) is 0. The first-order valence-electron chi connectivity index (χ1n) is 21.2. The summed E-state index contributed by atoms with van der Waals surface area (Å²) in [7, 11) is 0. The van der Waals surface area contributed by atoms with Gasteiger partial charge in [-0.15, -0.1) is 0 Å². The molecule has 0 fully saturated rings. The molecule has 0 saturated heterocycles. The van der Waals surface area contributed by atoms with Gasteiger partial charge in [-0.05, 0) is 0 Å². The third-order valence-electron chi connectivity index (χ3n) is 10.4. The number of rotatable bonds is 26. The molecule has 0 spiro atoms. The number of thiophene rings is 3. The number of unbranched alkanes of at least 4 members (excludes halogenated alkanes) is 18. The van der Waals surface area contributed by atoms with E-state index in [2.05, 4.69) is 78.3 Å². The molecule has 1 aliphatic rings. The second kappa shape index (κ2) is 22.8. The SMILES string of the molecule is CCCCCCCCCCCCc1cc(-c2sc(-c3cc(CCCCCCCCCCCC)[c]([Sn]([CH3])([CH3])[CH3])s3)c3c2OCCO3)s[c]1[Sn]([CH3])([CH3])[CH3]. The van der Waals surface area contributed by atoms with Crippen molar-refractivity contribution < 1.29 is 9.47 Å². The number of aryl methyl sites for hydroxylation is 2. The predicted molar refractivity (Wildman–Crippen MR) is 239 cm³/mol. The molecule has 0 aliphatic carbocycles. The molecule has 0 saturated carbocycles. The van der Waals surface area contributed by atoms with Crippen LogP contribution in [-0.2, 0) is 12.8 Å². The Bertz CT molecular complexity index is 1320. The van der Waals surface area contributed by atoms with Crippen LogP contribution in [0.25, 0.3) is 19.5 Å². The van der Waals surface area contributed by atoms with Gasteiger partial charge < -0.3 is 0 Å². The molecule has 0 bridgehead atoms. The van der Waals surface area contributed by atoms with E-state index in [0.29, 0.717) is 13.2 Å². The predicted octanol–water partition coefficient (Wildman–Crippen LogP) is 15.0. The minimum atomic E-state index is -2.30. The Kier molecular flexibility index (Phi) is 19.6. The first kappa shape index (κ1) is 44.0. The molecule has 0 radical (unpaired) electrons. The van der Waals surface area contributed by atoms with Gasteiger partial charge in [-0.3, -0.25) is 0 Å². The Hall–Kier alpha value is 0.297. The van der Waals surface area contributed by atoms with Crippen molar-refractivity contribution in [2.75, 3.05) is 13.2 Å². The van der Waals surface area contributed by atoms with Gasteiger partial charge in [0.1, 0.15) is 0 Å². The van der Waals surface area contributed by atoms with E-state index < -0.39 is 36.8 Å². The van der Waals surface area contributed by atoms with Crippen molar-refractivity contribution in [3.05, 3.63) is 23.3 Å². The van der Waals surface area contributed by atoms with Crippen LogP contribution in [0.3, 0.4) is 0 Å². The molecule has 51 heavy (non-hydrogen) atoms. The zero-order chi connectivity index (χ0) is 36.7. The third-order valence-corrected chi connectivity index (χ3v) is 33.5. The van der Waals surface area contributed by atoms with Gasteiger partial charge in [0.2, 0.25) is 0 Å². The van der Waals surface area contributed by atoms with Crippen LogP contribution < -0.4 is 15.3 Å². The summed E-state index contributed by atoms with van der Waals surface area (Å²) in [6.45, 7) is 5.92. The summed E-state index contributed by atoms with van der Waals surface area (Å²) in [6.07, 6.45) is 30.5. The van der Waals surface area contributed by atoms with Gasteiger partial charge in [0.25, 0.3) is 0 Å².